The van der Waals surface area contributed by atoms with Crippen LogP contribution >= 0.6 is 0 Å². The van der Waals surface area contributed by atoms with E-state index in [-0.39, 0.29) is 0 Å². The smallest absolute Gasteiger partial charge is 0.149 e. The second kappa shape index (κ2) is 5.14. The van der Waals surface area contributed by atoms with Gasteiger partial charge in [0.15, 0.2) is 0 Å². The molecule has 0 radical (unpaired) electrons. The zero-order chi connectivity index (χ0) is 12.2. The van der Waals surface area contributed by atoms with Gasteiger partial charge in [0.25, 0.3) is 0 Å². The van der Waals surface area contributed by atoms with Gasteiger partial charge in [-0.2, -0.15) is 5.10 Å². The van der Waals surface area contributed by atoms with Gasteiger partial charge in [-0.25, -0.2) is 0 Å². The van der Waals surface area contributed by atoms with Crippen molar-refractivity contribution in [2.75, 3.05) is 11.9 Å². The SMILES string of the molecule is c1ccc(CNc2cc3c(nn2)CNCC3)cc1. The Hall–Kier alpha value is -1.94. The molecule has 0 bridgehead atoms. The third-order valence-electron chi connectivity index (χ3n) is 3.14. The lowest BCUT2D eigenvalue weighted by molar-refractivity contribution is 0.617. The molecule has 0 fully saturated rings. The molecule has 0 saturated heterocycles. The number of hydrogen-bond acceptors (Lipinski definition) is 4. The molecule has 92 valence electrons. The molecule has 1 aliphatic rings. The molecule has 2 N–H and O–H groups in total. The second-order valence-corrected chi connectivity index (χ2v) is 4.47. The van der Waals surface area contributed by atoms with E-state index in [9.17, 15) is 0 Å². The van der Waals surface area contributed by atoms with Crippen molar-refractivity contribution in [2.24, 2.45) is 0 Å². The average molecular weight is 240 g/mol. The first-order valence-electron chi connectivity index (χ1n) is 6.26. The third-order valence-corrected chi connectivity index (χ3v) is 3.14. The fraction of sp³-hybridized carbons (Fsp3) is 0.286. The fourth-order valence-corrected chi connectivity index (χ4v) is 2.13. The number of anilines is 1. The molecule has 2 aromatic rings. The van der Waals surface area contributed by atoms with Crippen molar-refractivity contribution in [1.29, 1.82) is 0 Å². The summed E-state index contributed by atoms with van der Waals surface area (Å²) in [5, 5.41) is 15.1. The maximum atomic E-state index is 4.26. The predicted octanol–water partition coefficient (Wildman–Crippen LogP) is 1.73. The van der Waals surface area contributed by atoms with Gasteiger partial charge in [-0.3, -0.25) is 0 Å². The van der Waals surface area contributed by atoms with Crippen molar-refractivity contribution < 1.29 is 0 Å². The zero-order valence-electron chi connectivity index (χ0n) is 10.2. The van der Waals surface area contributed by atoms with Crippen molar-refractivity contribution in [2.45, 2.75) is 19.5 Å². The standard InChI is InChI=1S/C14H16N4/c1-2-4-11(5-3-1)9-16-14-8-12-6-7-15-10-13(12)17-18-14/h1-5,8,15H,6-7,9-10H2,(H,16,18). The highest BCUT2D eigenvalue weighted by Crippen LogP contribution is 2.14. The van der Waals surface area contributed by atoms with Gasteiger partial charge < -0.3 is 10.6 Å². The summed E-state index contributed by atoms with van der Waals surface area (Å²) >= 11 is 0. The van der Waals surface area contributed by atoms with Crippen LogP contribution in [-0.2, 0) is 19.5 Å². The van der Waals surface area contributed by atoms with E-state index in [1.54, 1.807) is 0 Å². The molecule has 3 rings (SSSR count). The molecule has 4 heteroatoms. The van der Waals surface area contributed by atoms with Crippen LogP contribution < -0.4 is 10.6 Å². The number of hydrogen-bond donors (Lipinski definition) is 2. The first-order valence-corrected chi connectivity index (χ1v) is 6.26. The third kappa shape index (κ3) is 2.49. The van der Waals surface area contributed by atoms with E-state index in [2.05, 4.69) is 39.0 Å². The van der Waals surface area contributed by atoms with Crippen LogP contribution in [0.2, 0.25) is 0 Å². The maximum Gasteiger partial charge on any atom is 0.149 e. The molecule has 0 spiro atoms. The molecule has 18 heavy (non-hydrogen) atoms. The lowest BCUT2D eigenvalue weighted by atomic mass is 10.1. The average Bonchev–Trinajstić information content (AvgIpc) is 2.46. The van der Waals surface area contributed by atoms with Crippen molar-refractivity contribution in [3.05, 3.63) is 53.2 Å². The van der Waals surface area contributed by atoms with Crippen LogP contribution in [0, 0.1) is 0 Å². The van der Waals surface area contributed by atoms with Crippen LogP contribution in [0.5, 0.6) is 0 Å². The molecular formula is C14H16N4. The van der Waals surface area contributed by atoms with E-state index in [0.717, 1.165) is 37.6 Å². The summed E-state index contributed by atoms with van der Waals surface area (Å²) in [6.45, 7) is 2.64. The van der Waals surface area contributed by atoms with Gasteiger partial charge in [-0.05, 0) is 30.2 Å². The summed E-state index contributed by atoms with van der Waals surface area (Å²) in [5.41, 5.74) is 3.63. The summed E-state index contributed by atoms with van der Waals surface area (Å²) < 4.78 is 0. The van der Waals surface area contributed by atoms with Crippen LogP contribution in [0.4, 0.5) is 5.82 Å². The monoisotopic (exact) mass is 240 g/mol. The minimum atomic E-state index is 0.784. The fourth-order valence-electron chi connectivity index (χ4n) is 2.13. The normalized spacial score (nSPS) is 14.0. The van der Waals surface area contributed by atoms with E-state index >= 15 is 0 Å². The zero-order valence-corrected chi connectivity index (χ0v) is 10.2. The van der Waals surface area contributed by atoms with Gasteiger partial charge in [-0.1, -0.05) is 30.3 Å². The van der Waals surface area contributed by atoms with Crippen molar-refractivity contribution in [3.63, 3.8) is 0 Å². The lowest BCUT2D eigenvalue weighted by Gasteiger charge is -2.16. The summed E-state index contributed by atoms with van der Waals surface area (Å²) in [7, 11) is 0. The van der Waals surface area contributed by atoms with Crippen LogP contribution in [-0.4, -0.2) is 16.7 Å². The molecule has 1 aromatic heterocycles. The molecule has 0 amide bonds. The highest BCUT2D eigenvalue weighted by molar-refractivity contribution is 5.39. The van der Waals surface area contributed by atoms with Gasteiger partial charge in [0.2, 0.25) is 0 Å². The lowest BCUT2D eigenvalue weighted by Crippen LogP contribution is -2.25. The van der Waals surface area contributed by atoms with Crippen LogP contribution in [0.3, 0.4) is 0 Å². The Bertz CT molecular complexity index is 525. The number of benzene rings is 1. The predicted molar refractivity (Wildman–Crippen MR) is 71.2 cm³/mol. The Morgan fingerprint density at radius 1 is 1.17 bits per heavy atom. The first-order chi connectivity index (χ1) is 8.92. The molecule has 1 aromatic carbocycles. The van der Waals surface area contributed by atoms with Crippen molar-refractivity contribution in [1.82, 2.24) is 15.5 Å². The van der Waals surface area contributed by atoms with Crippen molar-refractivity contribution in [3.8, 4) is 0 Å². The number of rotatable bonds is 3. The number of fused-ring (bicyclic) bond motifs is 1. The van der Waals surface area contributed by atoms with E-state index in [0.29, 0.717) is 0 Å². The van der Waals surface area contributed by atoms with Gasteiger partial charge >= 0.3 is 0 Å². The summed E-state index contributed by atoms with van der Waals surface area (Å²) in [6, 6.07) is 12.4. The van der Waals surface area contributed by atoms with Gasteiger partial charge in [-0.15, -0.1) is 5.10 Å². The Kier molecular flexibility index (Phi) is 3.19. The summed E-state index contributed by atoms with van der Waals surface area (Å²) in [4.78, 5) is 0. The Morgan fingerprint density at radius 2 is 2.06 bits per heavy atom. The maximum absolute atomic E-state index is 4.26. The number of nitrogens with one attached hydrogen (secondary N) is 2. The highest BCUT2D eigenvalue weighted by Gasteiger charge is 2.11. The number of nitrogens with zero attached hydrogens (tertiary/aromatic N) is 2. The highest BCUT2D eigenvalue weighted by atomic mass is 15.2. The molecule has 1 aliphatic heterocycles. The largest absolute Gasteiger partial charge is 0.364 e. The van der Waals surface area contributed by atoms with Crippen LogP contribution in [0.1, 0.15) is 16.8 Å². The molecule has 2 heterocycles. The van der Waals surface area contributed by atoms with Gasteiger partial charge in [0.05, 0.1) is 5.69 Å². The van der Waals surface area contributed by atoms with Crippen LogP contribution in [0.25, 0.3) is 0 Å². The summed E-state index contributed by atoms with van der Waals surface area (Å²) in [6.07, 6.45) is 1.03. The quantitative estimate of drug-likeness (QED) is 0.858. The second-order valence-electron chi connectivity index (χ2n) is 4.47. The Morgan fingerprint density at radius 3 is 2.94 bits per heavy atom. The first kappa shape index (κ1) is 11.2. The van der Waals surface area contributed by atoms with E-state index in [1.807, 2.05) is 18.2 Å². The van der Waals surface area contributed by atoms with E-state index in [1.165, 1.54) is 11.1 Å². The molecular weight excluding hydrogens is 224 g/mol. The molecule has 0 atom stereocenters. The van der Waals surface area contributed by atoms with Gasteiger partial charge in [0, 0.05) is 13.1 Å². The Balaban J connectivity index is 1.70. The molecule has 4 nitrogen and oxygen atoms in total. The number of aromatic nitrogens is 2. The van der Waals surface area contributed by atoms with Crippen molar-refractivity contribution >= 4 is 5.82 Å². The van der Waals surface area contributed by atoms with Crippen LogP contribution in [0.15, 0.2) is 36.4 Å². The summed E-state index contributed by atoms with van der Waals surface area (Å²) in [5.74, 6) is 0.861. The van der Waals surface area contributed by atoms with E-state index < -0.39 is 0 Å². The molecule has 0 unspecified atom stereocenters. The minimum Gasteiger partial charge on any atom is -0.364 e. The van der Waals surface area contributed by atoms with Gasteiger partial charge in [0.1, 0.15) is 5.82 Å². The minimum absolute atomic E-state index is 0.784. The molecule has 0 aliphatic carbocycles. The Labute approximate surface area is 106 Å². The van der Waals surface area contributed by atoms with E-state index in [4.69, 9.17) is 0 Å². The molecule has 0 saturated carbocycles. The topological polar surface area (TPSA) is 49.8 Å².